The van der Waals surface area contributed by atoms with Gasteiger partial charge < -0.3 is 15.4 Å². The minimum absolute atomic E-state index is 0.214. The Morgan fingerprint density at radius 3 is 2.66 bits per heavy atom. The van der Waals surface area contributed by atoms with Gasteiger partial charge in [-0.25, -0.2) is 13.4 Å². The average Bonchev–Trinajstić information content (AvgIpc) is 3.17. The molecule has 4 rings (SSSR count). The normalized spacial score (nSPS) is 19.1. The number of thiazole rings is 1. The van der Waals surface area contributed by atoms with Gasteiger partial charge in [0.05, 0.1) is 22.7 Å². The number of hydrogen-bond donors (Lipinski definition) is 2. The Morgan fingerprint density at radius 2 is 1.97 bits per heavy atom. The van der Waals surface area contributed by atoms with Crippen molar-refractivity contribution < 1.29 is 13.2 Å². The third-order valence-corrected chi connectivity index (χ3v) is 9.27. The van der Waals surface area contributed by atoms with Crippen molar-refractivity contribution in [3.63, 3.8) is 0 Å². The predicted octanol–water partition coefficient (Wildman–Crippen LogP) is 4.18. The van der Waals surface area contributed by atoms with Gasteiger partial charge in [-0.2, -0.15) is 0 Å². The van der Waals surface area contributed by atoms with Crippen molar-refractivity contribution in [1.82, 2.24) is 15.6 Å². The highest BCUT2D eigenvalue weighted by Crippen LogP contribution is 2.32. The van der Waals surface area contributed by atoms with Gasteiger partial charge in [-0.1, -0.05) is 30.3 Å². The van der Waals surface area contributed by atoms with E-state index in [0.29, 0.717) is 22.2 Å². The van der Waals surface area contributed by atoms with Crippen molar-refractivity contribution in [2.45, 2.75) is 54.4 Å². The molecule has 0 bridgehead atoms. The zero-order valence-electron chi connectivity index (χ0n) is 18.6. The van der Waals surface area contributed by atoms with Crippen LogP contribution in [0.5, 0.6) is 5.75 Å². The van der Waals surface area contributed by atoms with Gasteiger partial charge in [0.1, 0.15) is 9.96 Å². The lowest BCUT2D eigenvalue weighted by atomic mass is 9.92. The summed E-state index contributed by atoms with van der Waals surface area (Å²) < 4.78 is 32.4. The number of rotatable bonds is 7. The first-order valence-corrected chi connectivity index (χ1v) is 13.1. The predicted molar refractivity (Wildman–Crippen MR) is 127 cm³/mol. The molecule has 2 heterocycles. The van der Waals surface area contributed by atoms with Crippen LogP contribution < -0.4 is 15.4 Å². The number of aromatic nitrogens is 1. The Labute approximate surface area is 194 Å². The lowest BCUT2D eigenvalue weighted by molar-refractivity contribution is 0.302. The molecule has 2 N–H and O–H groups in total. The summed E-state index contributed by atoms with van der Waals surface area (Å²) in [4.78, 5) is 4.56. The van der Waals surface area contributed by atoms with E-state index in [9.17, 15) is 8.42 Å². The zero-order valence-corrected chi connectivity index (χ0v) is 20.2. The third-order valence-electron chi connectivity index (χ3n) is 5.84. The van der Waals surface area contributed by atoms with Crippen LogP contribution >= 0.6 is 11.3 Å². The van der Waals surface area contributed by atoms with Crippen LogP contribution in [0.2, 0.25) is 0 Å². The summed E-state index contributed by atoms with van der Waals surface area (Å²) in [5.74, 6) is 0.675. The van der Waals surface area contributed by atoms with Gasteiger partial charge in [-0.05, 0) is 57.0 Å². The van der Waals surface area contributed by atoms with Crippen LogP contribution in [0, 0.1) is 13.8 Å². The van der Waals surface area contributed by atoms with Crippen molar-refractivity contribution in [2.75, 3.05) is 13.7 Å². The summed E-state index contributed by atoms with van der Waals surface area (Å²) >= 11 is 1.21. The number of sulfone groups is 1. The monoisotopic (exact) mass is 471 g/mol. The standard InChI is InChI=1S/C24H29N3O3S2/c1-16-24(31-17(2)27-16)32(28,29)20-11-12-22(30-3)19(14-20)15-26-21-10-7-13-25-23(21)18-8-5-4-6-9-18/h4-6,8-9,11-12,14,21,23,25-26H,7,10,13,15H2,1-3H3/t21-,23+/m0/s1. The summed E-state index contributed by atoms with van der Waals surface area (Å²) in [6.45, 7) is 5.06. The number of methoxy groups -OCH3 is 1. The number of aryl methyl sites for hydroxylation is 2. The van der Waals surface area contributed by atoms with Crippen LogP contribution in [-0.2, 0) is 16.4 Å². The van der Waals surface area contributed by atoms with E-state index in [2.05, 4.69) is 39.9 Å². The van der Waals surface area contributed by atoms with E-state index in [1.54, 1.807) is 32.2 Å². The van der Waals surface area contributed by atoms with Gasteiger partial charge in [0.25, 0.3) is 0 Å². The first-order chi connectivity index (χ1) is 15.4. The molecule has 0 saturated carbocycles. The number of piperidine rings is 1. The van der Waals surface area contributed by atoms with Crippen molar-refractivity contribution in [3.05, 3.63) is 70.4 Å². The first kappa shape index (κ1) is 22.9. The second-order valence-corrected chi connectivity index (χ2v) is 11.4. The van der Waals surface area contributed by atoms with Crippen LogP contribution in [0.1, 0.15) is 40.7 Å². The van der Waals surface area contributed by atoms with E-state index >= 15 is 0 Å². The molecule has 1 fully saturated rings. The van der Waals surface area contributed by atoms with E-state index in [-0.39, 0.29) is 17.0 Å². The highest BCUT2D eigenvalue weighted by atomic mass is 32.2. The SMILES string of the molecule is COc1ccc(S(=O)(=O)c2sc(C)nc2C)cc1CN[C@H]1CCCN[C@@H]1c1ccccc1. The fraction of sp³-hybridized carbons (Fsp3) is 0.375. The molecular formula is C24H29N3O3S2. The quantitative estimate of drug-likeness (QED) is 0.538. The second-order valence-electron chi connectivity index (χ2n) is 8.05. The lowest BCUT2D eigenvalue weighted by Gasteiger charge is -2.34. The zero-order chi connectivity index (χ0) is 22.7. The van der Waals surface area contributed by atoms with Crippen molar-refractivity contribution in [1.29, 1.82) is 0 Å². The molecule has 2 aromatic carbocycles. The number of benzene rings is 2. The molecule has 6 nitrogen and oxygen atoms in total. The fourth-order valence-electron chi connectivity index (χ4n) is 4.29. The van der Waals surface area contributed by atoms with Crippen molar-refractivity contribution >= 4 is 21.2 Å². The molecule has 1 aromatic heterocycles. The van der Waals surface area contributed by atoms with Crippen LogP contribution in [0.25, 0.3) is 0 Å². The topological polar surface area (TPSA) is 80.3 Å². The molecule has 0 spiro atoms. The average molecular weight is 472 g/mol. The largest absolute Gasteiger partial charge is 0.496 e. The van der Waals surface area contributed by atoms with E-state index in [1.165, 1.54) is 16.9 Å². The number of ether oxygens (including phenoxy) is 1. The van der Waals surface area contributed by atoms with Gasteiger partial charge in [0.15, 0.2) is 0 Å². The molecule has 0 amide bonds. The molecule has 1 saturated heterocycles. The first-order valence-electron chi connectivity index (χ1n) is 10.8. The minimum atomic E-state index is -3.63. The number of nitrogens with one attached hydrogen (secondary N) is 2. The summed E-state index contributed by atoms with van der Waals surface area (Å²) in [6.07, 6.45) is 2.14. The van der Waals surface area contributed by atoms with E-state index in [0.717, 1.165) is 30.0 Å². The fourth-order valence-corrected chi connectivity index (χ4v) is 7.22. The molecule has 1 aliphatic rings. The van der Waals surface area contributed by atoms with Gasteiger partial charge >= 0.3 is 0 Å². The number of nitrogens with zero attached hydrogens (tertiary/aromatic N) is 1. The van der Waals surface area contributed by atoms with E-state index in [4.69, 9.17) is 4.74 Å². The Balaban J connectivity index is 1.59. The lowest BCUT2D eigenvalue weighted by Crippen LogP contribution is -2.45. The van der Waals surface area contributed by atoms with E-state index in [1.807, 2.05) is 13.0 Å². The second kappa shape index (κ2) is 9.70. The molecule has 1 aliphatic heterocycles. The maximum atomic E-state index is 13.3. The Morgan fingerprint density at radius 1 is 1.19 bits per heavy atom. The molecule has 2 atom stereocenters. The molecule has 170 valence electrons. The van der Waals surface area contributed by atoms with Gasteiger partial charge in [0.2, 0.25) is 9.84 Å². The molecular weight excluding hydrogens is 442 g/mol. The van der Waals surface area contributed by atoms with Crippen LogP contribution in [0.3, 0.4) is 0 Å². The van der Waals surface area contributed by atoms with Gasteiger partial charge in [-0.3, -0.25) is 0 Å². The van der Waals surface area contributed by atoms with Crippen LogP contribution in [-0.4, -0.2) is 33.1 Å². The Hall–Kier alpha value is -2.26. The molecule has 3 aromatic rings. The third kappa shape index (κ3) is 4.73. The van der Waals surface area contributed by atoms with Gasteiger partial charge in [-0.15, -0.1) is 11.3 Å². The Kier molecular flexibility index (Phi) is 6.95. The smallest absolute Gasteiger partial charge is 0.217 e. The van der Waals surface area contributed by atoms with Gasteiger partial charge in [0, 0.05) is 24.2 Å². The summed E-state index contributed by atoms with van der Waals surface area (Å²) in [5.41, 5.74) is 2.62. The summed E-state index contributed by atoms with van der Waals surface area (Å²) in [6, 6.07) is 16.0. The summed E-state index contributed by atoms with van der Waals surface area (Å²) in [5, 5.41) is 8.01. The van der Waals surface area contributed by atoms with E-state index < -0.39 is 9.84 Å². The molecule has 32 heavy (non-hydrogen) atoms. The Bertz CT molecular complexity index is 1180. The number of hydrogen-bond acceptors (Lipinski definition) is 7. The van der Waals surface area contributed by atoms with Crippen LogP contribution in [0.15, 0.2) is 57.6 Å². The minimum Gasteiger partial charge on any atom is -0.496 e. The molecule has 0 aliphatic carbocycles. The van der Waals surface area contributed by atoms with Crippen LogP contribution in [0.4, 0.5) is 0 Å². The highest BCUT2D eigenvalue weighted by molar-refractivity contribution is 7.93. The maximum Gasteiger partial charge on any atom is 0.217 e. The molecule has 0 radical (unpaired) electrons. The maximum absolute atomic E-state index is 13.3. The van der Waals surface area contributed by atoms with Crippen molar-refractivity contribution in [3.8, 4) is 5.75 Å². The summed E-state index contributed by atoms with van der Waals surface area (Å²) in [7, 11) is -2.02. The molecule has 8 heteroatoms. The highest BCUT2D eigenvalue weighted by Gasteiger charge is 2.27. The van der Waals surface area contributed by atoms with Crippen molar-refractivity contribution in [2.24, 2.45) is 0 Å². The molecule has 0 unspecified atom stereocenters.